The van der Waals surface area contributed by atoms with Gasteiger partial charge in [0.05, 0.1) is 12.7 Å². The fourth-order valence-corrected chi connectivity index (χ4v) is 2.48. The van der Waals surface area contributed by atoms with Crippen LogP contribution in [-0.2, 0) is 14.2 Å². The predicted octanol–water partition coefficient (Wildman–Crippen LogP) is -5.00. The van der Waals surface area contributed by atoms with Crippen molar-refractivity contribution in [1.29, 1.82) is 0 Å². The summed E-state index contributed by atoms with van der Waals surface area (Å²) >= 11 is 0. The van der Waals surface area contributed by atoms with Gasteiger partial charge in [0.1, 0.15) is 42.7 Å². The maximum atomic E-state index is 11.8. The molecule has 2 heterocycles. The molecule has 0 bridgehead atoms. The number of rotatable bonds is 3. The van der Waals surface area contributed by atoms with E-state index in [2.05, 4.69) is 0 Å². The average molecular weight is 325 g/mol. The molecule has 0 aromatic heterocycles. The van der Waals surface area contributed by atoms with Crippen LogP contribution in [0, 0.1) is 0 Å². The van der Waals surface area contributed by atoms with Gasteiger partial charge in [0, 0.05) is 6.29 Å². The van der Waals surface area contributed by atoms with Gasteiger partial charge >= 0.3 is 0 Å². The molecule has 2 aliphatic rings. The molecular weight excluding hydrogens is 304 g/mol. The highest BCUT2D eigenvalue weighted by molar-refractivity contribution is 4.92. The van der Waals surface area contributed by atoms with Gasteiger partial charge in [-0.15, -0.1) is 0 Å². The largest absolute Gasteiger partial charge is 0.829 e. The third-order valence-electron chi connectivity index (χ3n) is 3.92. The zero-order valence-corrected chi connectivity index (χ0v) is 11.8. The van der Waals surface area contributed by atoms with Gasteiger partial charge in [-0.3, -0.25) is 0 Å². The molecule has 0 unspecified atom stereocenters. The SMILES string of the molecule is C[C@@H]1O[C@@H](O[C@@H]2[C@@H](O)[C@H](O)[C@@H](CO)O[C@H]2[O-])[C@H](O)[C@H](O)[C@H]1O. The van der Waals surface area contributed by atoms with Gasteiger partial charge < -0.3 is 50.0 Å². The molecule has 0 aromatic rings. The number of ether oxygens (including phenoxy) is 3. The smallest absolute Gasteiger partial charge is 0.187 e. The Bertz CT molecular complexity index is 368. The molecule has 10 nitrogen and oxygen atoms in total. The molecule has 2 aliphatic heterocycles. The van der Waals surface area contributed by atoms with Crippen molar-refractivity contribution in [1.82, 2.24) is 0 Å². The van der Waals surface area contributed by atoms with Crippen LogP contribution in [0.4, 0.5) is 0 Å². The minimum Gasteiger partial charge on any atom is -0.829 e. The van der Waals surface area contributed by atoms with Gasteiger partial charge in [-0.05, 0) is 6.92 Å². The van der Waals surface area contributed by atoms with Gasteiger partial charge in [-0.1, -0.05) is 0 Å². The summed E-state index contributed by atoms with van der Waals surface area (Å²) in [7, 11) is 0. The lowest BCUT2D eigenvalue weighted by atomic mass is 9.97. The molecule has 0 amide bonds. The van der Waals surface area contributed by atoms with Gasteiger partial charge in [0.2, 0.25) is 0 Å². The molecule has 2 fully saturated rings. The number of aliphatic hydroxyl groups excluding tert-OH is 6. The van der Waals surface area contributed by atoms with Crippen LogP contribution >= 0.6 is 0 Å². The van der Waals surface area contributed by atoms with Crippen molar-refractivity contribution in [3.05, 3.63) is 0 Å². The second-order valence-corrected chi connectivity index (χ2v) is 5.49. The monoisotopic (exact) mass is 325 g/mol. The summed E-state index contributed by atoms with van der Waals surface area (Å²) in [5.41, 5.74) is 0. The zero-order valence-electron chi connectivity index (χ0n) is 11.8. The summed E-state index contributed by atoms with van der Waals surface area (Å²) in [6.45, 7) is 0.767. The molecule has 6 N–H and O–H groups in total. The standard InChI is InChI=1S/C12H21O10/c1-3-5(14)7(16)9(18)12(20-3)22-10-8(17)6(15)4(2-13)21-11(10)19/h3-18H,2H2,1H3/q-1/t3-,4+,5-,6+,7+,8-,9+,10+,11+,12-/m0/s1. The van der Waals surface area contributed by atoms with E-state index in [0.29, 0.717) is 0 Å². The van der Waals surface area contributed by atoms with Crippen LogP contribution in [0.25, 0.3) is 0 Å². The van der Waals surface area contributed by atoms with E-state index in [4.69, 9.17) is 19.3 Å². The topological polar surface area (TPSA) is 172 Å². The van der Waals surface area contributed by atoms with Crippen LogP contribution < -0.4 is 5.11 Å². The van der Waals surface area contributed by atoms with Crippen molar-refractivity contribution in [2.24, 2.45) is 0 Å². The van der Waals surface area contributed by atoms with Gasteiger partial charge in [0.25, 0.3) is 0 Å². The molecule has 0 saturated carbocycles. The number of hydrogen-bond acceptors (Lipinski definition) is 10. The predicted molar refractivity (Wildman–Crippen MR) is 65.0 cm³/mol. The maximum Gasteiger partial charge on any atom is 0.187 e. The lowest BCUT2D eigenvalue weighted by molar-refractivity contribution is -0.541. The van der Waals surface area contributed by atoms with Crippen molar-refractivity contribution >= 4 is 0 Å². The highest BCUT2D eigenvalue weighted by Crippen LogP contribution is 2.27. The van der Waals surface area contributed by atoms with E-state index in [9.17, 15) is 30.6 Å². The van der Waals surface area contributed by atoms with Gasteiger partial charge in [0.15, 0.2) is 6.29 Å². The minimum absolute atomic E-state index is 0.659. The van der Waals surface area contributed by atoms with Crippen molar-refractivity contribution in [2.45, 2.75) is 68.3 Å². The van der Waals surface area contributed by atoms with Crippen molar-refractivity contribution < 1.29 is 50.0 Å². The van der Waals surface area contributed by atoms with Crippen LogP contribution in [0.5, 0.6) is 0 Å². The van der Waals surface area contributed by atoms with Crippen molar-refractivity contribution in [3.8, 4) is 0 Å². The number of hydrogen-bond donors (Lipinski definition) is 6. The molecule has 0 aromatic carbocycles. The first-order chi connectivity index (χ1) is 10.3. The maximum absolute atomic E-state index is 11.8. The molecule has 2 saturated heterocycles. The van der Waals surface area contributed by atoms with E-state index in [-0.39, 0.29) is 0 Å². The third-order valence-corrected chi connectivity index (χ3v) is 3.92. The van der Waals surface area contributed by atoms with E-state index in [0.717, 1.165) is 0 Å². The zero-order chi connectivity index (χ0) is 16.6. The summed E-state index contributed by atoms with van der Waals surface area (Å²) < 4.78 is 15.1. The van der Waals surface area contributed by atoms with Crippen molar-refractivity contribution in [3.63, 3.8) is 0 Å². The lowest BCUT2D eigenvalue weighted by Crippen LogP contribution is -2.66. The van der Waals surface area contributed by atoms with Crippen LogP contribution in [-0.4, -0.2) is 98.7 Å². The summed E-state index contributed by atoms with van der Waals surface area (Å²) in [6, 6.07) is 0. The van der Waals surface area contributed by atoms with Crippen LogP contribution in [0.3, 0.4) is 0 Å². The number of aliphatic hydroxyl groups is 6. The van der Waals surface area contributed by atoms with E-state index >= 15 is 0 Å². The fourth-order valence-electron chi connectivity index (χ4n) is 2.48. The molecule has 22 heavy (non-hydrogen) atoms. The molecule has 0 radical (unpaired) electrons. The third kappa shape index (κ3) is 3.26. The summed E-state index contributed by atoms with van der Waals surface area (Å²) in [6.07, 6.45) is -14.9. The Morgan fingerprint density at radius 1 is 0.909 bits per heavy atom. The van der Waals surface area contributed by atoms with Gasteiger partial charge in [-0.2, -0.15) is 0 Å². The quantitative estimate of drug-likeness (QED) is 0.295. The second-order valence-electron chi connectivity index (χ2n) is 5.49. The minimum atomic E-state index is -1.94. The molecule has 130 valence electrons. The molecule has 0 spiro atoms. The Labute approximate surface area is 126 Å². The summed E-state index contributed by atoms with van der Waals surface area (Å²) in [5.74, 6) is 0. The van der Waals surface area contributed by atoms with E-state index in [1.165, 1.54) is 6.92 Å². The Hall–Kier alpha value is -0.400. The Balaban J connectivity index is 2.06. The van der Waals surface area contributed by atoms with Crippen LogP contribution in [0.2, 0.25) is 0 Å². The first-order valence-electron chi connectivity index (χ1n) is 6.91. The normalized spacial score (nSPS) is 53.5. The molecule has 2 rings (SSSR count). The highest BCUT2D eigenvalue weighted by Gasteiger charge is 2.47. The second kappa shape index (κ2) is 7.01. The summed E-state index contributed by atoms with van der Waals surface area (Å²) in [5, 5.41) is 69.4. The molecular formula is C12H21O10-. The average Bonchev–Trinajstić information content (AvgIpc) is 2.49. The molecule has 0 aliphatic carbocycles. The fraction of sp³-hybridized carbons (Fsp3) is 1.00. The lowest BCUT2D eigenvalue weighted by Gasteiger charge is -2.48. The Morgan fingerprint density at radius 3 is 2.14 bits per heavy atom. The van der Waals surface area contributed by atoms with E-state index in [1.807, 2.05) is 0 Å². The van der Waals surface area contributed by atoms with E-state index in [1.54, 1.807) is 0 Å². The van der Waals surface area contributed by atoms with Gasteiger partial charge in [-0.25, -0.2) is 0 Å². The highest BCUT2D eigenvalue weighted by atomic mass is 16.7. The molecule has 10 heteroatoms. The van der Waals surface area contributed by atoms with Crippen LogP contribution in [0.1, 0.15) is 6.92 Å². The van der Waals surface area contributed by atoms with Crippen LogP contribution in [0.15, 0.2) is 0 Å². The van der Waals surface area contributed by atoms with E-state index < -0.39 is 68.0 Å². The Kier molecular flexibility index (Phi) is 5.72. The first kappa shape index (κ1) is 17.9. The molecule has 10 atom stereocenters. The summed E-state index contributed by atoms with van der Waals surface area (Å²) in [4.78, 5) is 0. The van der Waals surface area contributed by atoms with Crippen molar-refractivity contribution in [2.75, 3.05) is 6.61 Å². The Morgan fingerprint density at radius 2 is 1.55 bits per heavy atom. The first-order valence-corrected chi connectivity index (χ1v) is 6.91.